The van der Waals surface area contributed by atoms with Gasteiger partial charge in [0.2, 0.25) is 0 Å². The normalized spacial score (nSPS) is 11.6. The van der Waals surface area contributed by atoms with Crippen molar-refractivity contribution in [3.05, 3.63) is 22.6 Å². The number of fused-ring (bicyclic) bond motifs is 1. The van der Waals surface area contributed by atoms with Gasteiger partial charge in [-0.2, -0.15) is 4.52 Å². The lowest BCUT2D eigenvalue weighted by Gasteiger charge is -2.06. The third-order valence-corrected chi connectivity index (χ3v) is 2.90. The van der Waals surface area contributed by atoms with E-state index < -0.39 is 0 Å². The predicted octanol–water partition coefficient (Wildman–Crippen LogP) is 2.17. The Hall–Kier alpha value is -1.45. The standard InChI is InChI=1S/C11H16N4/c1-6(2)10-11-12-8(4)7(3)9(5)15(11)14-13-10/h6H,1-5H3. The van der Waals surface area contributed by atoms with E-state index in [4.69, 9.17) is 0 Å². The Morgan fingerprint density at radius 3 is 2.40 bits per heavy atom. The Morgan fingerprint density at radius 1 is 1.13 bits per heavy atom. The molecule has 0 N–H and O–H groups in total. The van der Waals surface area contributed by atoms with E-state index in [0.717, 1.165) is 22.7 Å². The summed E-state index contributed by atoms with van der Waals surface area (Å²) < 4.78 is 1.83. The Labute approximate surface area is 89.3 Å². The molecule has 2 heterocycles. The average Bonchev–Trinajstić information content (AvgIpc) is 2.58. The molecule has 0 amide bonds. The molecule has 0 aliphatic rings. The Morgan fingerprint density at radius 2 is 1.80 bits per heavy atom. The number of aryl methyl sites for hydroxylation is 2. The highest BCUT2D eigenvalue weighted by Gasteiger charge is 2.14. The van der Waals surface area contributed by atoms with Crippen LogP contribution in [0.1, 0.15) is 42.4 Å². The Bertz CT molecular complexity index is 511. The lowest BCUT2D eigenvalue weighted by atomic mass is 10.1. The smallest absolute Gasteiger partial charge is 0.179 e. The molecule has 0 aliphatic heterocycles. The van der Waals surface area contributed by atoms with Crippen molar-refractivity contribution in [1.29, 1.82) is 0 Å². The third kappa shape index (κ3) is 1.40. The van der Waals surface area contributed by atoms with Crippen LogP contribution < -0.4 is 0 Å². The second-order valence-electron chi connectivity index (χ2n) is 4.27. The van der Waals surface area contributed by atoms with E-state index >= 15 is 0 Å². The van der Waals surface area contributed by atoms with Crippen LogP contribution in [0.5, 0.6) is 0 Å². The summed E-state index contributed by atoms with van der Waals surface area (Å²) in [6.45, 7) is 10.4. The monoisotopic (exact) mass is 204 g/mol. The molecule has 80 valence electrons. The summed E-state index contributed by atoms with van der Waals surface area (Å²) in [6.07, 6.45) is 0. The van der Waals surface area contributed by atoms with Crippen LogP contribution in [0.25, 0.3) is 5.65 Å². The van der Waals surface area contributed by atoms with Gasteiger partial charge < -0.3 is 0 Å². The van der Waals surface area contributed by atoms with Gasteiger partial charge in [-0.15, -0.1) is 5.10 Å². The molecule has 0 aliphatic carbocycles. The zero-order chi connectivity index (χ0) is 11.2. The predicted molar refractivity (Wildman–Crippen MR) is 59.1 cm³/mol. The van der Waals surface area contributed by atoms with E-state index in [0.29, 0.717) is 5.92 Å². The highest BCUT2D eigenvalue weighted by atomic mass is 15.4. The molecule has 4 nitrogen and oxygen atoms in total. The van der Waals surface area contributed by atoms with Crippen molar-refractivity contribution in [1.82, 2.24) is 19.8 Å². The number of nitrogens with zero attached hydrogens (tertiary/aromatic N) is 4. The van der Waals surface area contributed by atoms with Gasteiger partial charge in [-0.25, -0.2) is 4.98 Å². The number of rotatable bonds is 1. The lowest BCUT2D eigenvalue weighted by Crippen LogP contribution is -2.02. The molecule has 0 radical (unpaired) electrons. The van der Waals surface area contributed by atoms with Gasteiger partial charge in [-0.05, 0) is 26.3 Å². The minimum atomic E-state index is 0.358. The van der Waals surface area contributed by atoms with Crippen molar-refractivity contribution in [3.8, 4) is 0 Å². The van der Waals surface area contributed by atoms with Gasteiger partial charge in [0.05, 0.1) is 0 Å². The summed E-state index contributed by atoms with van der Waals surface area (Å²) in [5.41, 5.74) is 5.23. The fourth-order valence-corrected chi connectivity index (χ4v) is 1.66. The molecule has 0 atom stereocenters. The maximum absolute atomic E-state index is 4.56. The number of hydrogen-bond acceptors (Lipinski definition) is 3. The van der Waals surface area contributed by atoms with Gasteiger partial charge in [0.1, 0.15) is 5.69 Å². The van der Waals surface area contributed by atoms with Crippen LogP contribution in [0.4, 0.5) is 0 Å². The SMILES string of the molecule is Cc1nc2c(C(C)C)nnn2c(C)c1C. The van der Waals surface area contributed by atoms with Crippen molar-refractivity contribution < 1.29 is 0 Å². The van der Waals surface area contributed by atoms with E-state index in [1.807, 2.05) is 11.4 Å². The summed E-state index contributed by atoms with van der Waals surface area (Å²) in [5.74, 6) is 0.358. The summed E-state index contributed by atoms with van der Waals surface area (Å²) in [7, 11) is 0. The Kier molecular flexibility index (Phi) is 2.21. The fraction of sp³-hybridized carbons (Fsp3) is 0.545. The molecule has 0 saturated carbocycles. The number of aromatic nitrogens is 4. The molecule has 0 aromatic carbocycles. The first-order valence-corrected chi connectivity index (χ1v) is 5.21. The molecule has 0 fully saturated rings. The van der Waals surface area contributed by atoms with E-state index in [1.165, 1.54) is 5.56 Å². The minimum absolute atomic E-state index is 0.358. The van der Waals surface area contributed by atoms with Crippen molar-refractivity contribution in [2.24, 2.45) is 0 Å². The molecule has 4 heteroatoms. The second kappa shape index (κ2) is 3.29. The van der Waals surface area contributed by atoms with Gasteiger partial charge in [-0.1, -0.05) is 19.1 Å². The molecule has 0 unspecified atom stereocenters. The van der Waals surface area contributed by atoms with E-state index in [9.17, 15) is 0 Å². The van der Waals surface area contributed by atoms with Crippen LogP contribution in [0.15, 0.2) is 0 Å². The minimum Gasteiger partial charge on any atom is -0.232 e. The van der Waals surface area contributed by atoms with Crippen LogP contribution in [0.2, 0.25) is 0 Å². The maximum atomic E-state index is 4.56. The van der Waals surface area contributed by atoms with Gasteiger partial charge in [0.15, 0.2) is 5.65 Å². The van der Waals surface area contributed by atoms with Crippen LogP contribution in [-0.2, 0) is 0 Å². The maximum Gasteiger partial charge on any atom is 0.179 e. The molecule has 15 heavy (non-hydrogen) atoms. The lowest BCUT2D eigenvalue weighted by molar-refractivity contribution is 0.777. The first-order chi connectivity index (χ1) is 7.02. The zero-order valence-corrected chi connectivity index (χ0v) is 9.87. The first kappa shape index (κ1) is 10.1. The molecule has 0 bridgehead atoms. The fourth-order valence-electron chi connectivity index (χ4n) is 1.66. The summed E-state index contributed by atoms with van der Waals surface area (Å²) in [5, 5.41) is 8.33. The van der Waals surface area contributed by atoms with Crippen LogP contribution in [0, 0.1) is 20.8 Å². The quantitative estimate of drug-likeness (QED) is 0.715. The molecule has 0 saturated heterocycles. The molecule has 0 spiro atoms. The average molecular weight is 204 g/mol. The van der Waals surface area contributed by atoms with Crippen molar-refractivity contribution in [2.45, 2.75) is 40.5 Å². The number of hydrogen-bond donors (Lipinski definition) is 0. The summed E-state index contributed by atoms with van der Waals surface area (Å²) in [4.78, 5) is 4.56. The van der Waals surface area contributed by atoms with E-state index in [2.05, 4.69) is 43.0 Å². The third-order valence-electron chi connectivity index (χ3n) is 2.90. The van der Waals surface area contributed by atoms with E-state index in [1.54, 1.807) is 0 Å². The van der Waals surface area contributed by atoms with E-state index in [-0.39, 0.29) is 0 Å². The summed E-state index contributed by atoms with van der Waals surface area (Å²) >= 11 is 0. The summed E-state index contributed by atoms with van der Waals surface area (Å²) in [6, 6.07) is 0. The molecule has 2 rings (SSSR count). The second-order valence-corrected chi connectivity index (χ2v) is 4.27. The van der Waals surface area contributed by atoms with Crippen LogP contribution in [0.3, 0.4) is 0 Å². The Balaban J connectivity index is 2.83. The van der Waals surface area contributed by atoms with Crippen molar-refractivity contribution in [2.75, 3.05) is 0 Å². The molecular formula is C11H16N4. The van der Waals surface area contributed by atoms with Crippen molar-refractivity contribution >= 4 is 5.65 Å². The topological polar surface area (TPSA) is 43.1 Å². The molecule has 2 aromatic rings. The van der Waals surface area contributed by atoms with Crippen LogP contribution in [-0.4, -0.2) is 19.8 Å². The largest absolute Gasteiger partial charge is 0.232 e. The highest BCUT2D eigenvalue weighted by Crippen LogP contribution is 2.19. The molecule has 2 aromatic heterocycles. The zero-order valence-electron chi connectivity index (χ0n) is 9.87. The first-order valence-electron chi connectivity index (χ1n) is 5.21. The molecular weight excluding hydrogens is 188 g/mol. The van der Waals surface area contributed by atoms with Gasteiger partial charge in [-0.3, -0.25) is 0 Å². The highest BCUT2D eigenvalue weighted by molar-refractivity contribution is 5.47. The van der Waals surface area contributed by atoms with Gasteiger partial charge >= 0.3 is 0 Å². The van der Waals surface area contributed by atoms with Crippen molar-refractivity contribution in [3.63, 3.8) is 0 Å². The van der Waals surface area contributed by atoms with Crippen LogP contribution >= 0.6 is 0 Å². The van der Waals surface area contributed by atoms with Gasteiger partial charge in [0, 0.05) is 17.3 Å². The van der Waals surface area contributed by atoms with Gasteiger partial charge in [0.25, 0.3) is 0 Å².